The summed E-state index contributed by atoms with van der Waals surface area (Å²) in [6.07, 6.45) is 1.97. The summed E-state index contributed by atoms with van der Waals surface area (Å²) in [6.45, 7) is 4.38. The summed E-state index contributed by atoms with van der Waals surface area (Å²) in [5, 5.41) is 3.54. The number of thiazole rings is 1. The highest BCUT2D eigenvalue weighted by Gasteiger charge is 2.30. The maximum atomic E-state index is 11.9. The van der Waals surface area contributed by atoms with Crippen molar-refractivity contribution in [1.82, 2.24) is 9.97 Å². The van der Waals surface area contributed by atoms with Gasteiger partial charge in [0.25, 0.3) is 0 Å². The molecule has 1 aromatic carbocycles. The Hall–Kier alpha value is -2.47. The monoisotopic (exact) mass is 366 g/mol. The van der Waals surface area contributed by atoms with E-state index in [4.69, 9.17) is 4.98 Å². The van der Waals surface area contributed by atoms with Crippen LogP contribution in [0.2, 0.25) is 0 Å². The van der Waals surface area contributed by atoms with Gasteiger partial charge in [0, 0.05) is 18.7 Å². The fourth-order valence-electron chi connectivity index (χ4n) is 2.82. The molecule has 0 radical (unpaired) electrons. The summed E-state index contributed by atoms with van der Waals surface area (Å²) < 4.78 is 0. The van der Waals surface area contributed by atoms with Gasteiger partial charge in [0.15, 0.2) is 5.13 Å². The number of fused-ring (bicyclic) bond motifs is 1. The first-order valence-electron chi connectivity index (χ1n) is 8.93. The van der Waals surface area contributed by atoms with Crippen LogP contribution in [0.4, 0.5) is 16.6 Å². The lowest BCUT2D eigenvalue weighted by molar-refractivity contribution is -0.117. The summed E-state index contributed by atoms with van der Waals surface area (Å²) in [7, 11) is 2.01. The van der Waals surface area contributed by atoms with Crippen molar-refractivity contribution in [3.63, 3.8) is 0 Å². The van der Waals surface area contributed by atoms with E-state index in [1.165, 1.54) is 16.9 Å². The average Bonchev–Trinajstić information content (AvgIpc) is 3.41. The Bertz CT molecular complexity index is 944. The summed E-state index contributed by atoms with van der Waals surface area (Å²) in [6, 6.07) is 12.5. The SMILES string of the molecule is CC(C)c1ccc(N(C)c2ccc3nc(NC(=O)C4CC4)sc3n2)cc1. The number of nitrogens with zero attached hydrogens (tertiary/aromatic N) is 3. The molecule has 5 nitrogen and oxygen atoms in total. The molecular formula is C20H22N4OS. The highest BCUT2D eigenvalue weighted by atomic mass is 32.1. The molecule has 1 saturated carbocycles. The Morgan fingerprint density at radius 3 is 2.54 bits per heavy atom. The molecule has 0 aliphatic heterocycles. The molecule has 1 aliphatic rings. The number of anilines is 3. The molecule has 6 heteroatoms. The van der Waals surface area contributed by atoms with Crippen LogP contribution in [0.5, 0.6) is 0 Å². The first-order valence-corrected chi connectivity index (χ1v) is 9.75. The molecule has 0 unspecified atom stereocenters. The highest BCUT2D eigenvalue weighted by molar-refractivity contribution is 7.22. The van der Waals surface area contributed by atoms with Gasteiger partial charge in [-0.15, -0.1) is 0 Å². The van der Waals surface area contributed by atoms with Crippen molar-refractivity contribution in [3.05, 3.63) is 42.0 Å². The first kappa shape index (κ1) is 17.0. The third kappa shape index (κ3) is 3.42. The predicted molar refractivity (Wildman–Crippen MR) is 107 cm³/mol. The predicted octanol–water partition coefficient (Wildman–Crippen LogP) is 4.93. The molecule has 134 valence electrons. The lowest BCUT2D eigenvalue weighted by Crippen LogP contribution is -2.12. The van der Waals surface area contributed by atoms with E-state index < -0.39 is 0 Å². The minimum atomic E-state index is 0.0756. The van der Waals surface area contributed by atoms with Gasteiger partial charge in [-0.2, -0.15) is 0 Å². The van der Waals surface area contributed by atoms with Crippen LogP contribution in [0.1, 0.15) is 38.2 Å². The zero-order valence-corrected chi connectivity index (χ0v) is 16.0. The summed E-state index contributed by atoms with van der Waals surface area (Å²) in [5.41, 5.74) is 3.23. The van der Waals surface area contributed by atoms with E-state index in [1.807, 2.05) is 19.2 Å². The lowest BCUT2D eigenvalue weighted by atomic mass is 10.0. The van der Waals surface area contributed by atoms with Crippen LogP contribution in [-0.4, -0.2) is 22.9 Å². The molecule has 26 heavy (non-hydrogen) atoms. The second-order valence-corrected chi connectivity index (χ2v) is 8.06. The number of pyridine rings is 1. The van der Waals surface area contributed by atoms with Crippen LogP contribution in [-0.2, 0) is 4.79 Å². The van der Waals surface area contributed by atoms with Crippen molar-refractivity contribution in [3.8, 4) is 0 Å². The number of carbonyl (C=O) groups excluding carboxylic acids is 1. The van der Waals surface area contributed by atoms with Crippen LogP contribution in [0.3, 0.4) is 0 Å². The third-order valence-electron chi connectivity index (χ3n) is 4.71. The summed E-state index contributed by atoms with van der Waals surface area (Å²) >= 11 is 1.42. The molecule has 2 heterocycles. The van der Waals surface area contributed by atoms with E-state index in [0.717, 1.165) is 34.7 Å². The van der Waals surface area contributed by atoms with Gasteiger partial charge in [-0.25, -0.2) is 9.97 Å². The number of nitrogens with one attached hydrogen (secondary N) is 1. The lowest BCUT2D eigenvalue weighted by Gasteiger charge is -2.19. The minimum Gasteiger partial charge on any atom is -0.329 e. The Labute approximate surface area is 157 Å². The molecule has 1 N–H and O–H groups in total. The molecule has 3 aromatic rings. The number of aromatic nitrogens is 2. The fourth-order valence-corrected chi connectivity index (χ4v) is 3.65. The first-order chi connectivity index (χ1) is 12.5. The Balaban J connectivity index is 1.56. The van der Waals surface area contributed by atoms with Gasteiger partial charge in [-0.3, -0.25) is 4.79 Å². The number of amides is 1. The van der Waals surface area contributed by atoms with Gasteiger partial charge in [-0.05, 0) is 48.6 Å². The van der Waals surface area contributed by atoms with Crippen molar-refractivity contribution >= 4 is 44.2 Å². The number of hydrogen-bond acceptors (Lipinski definition) is 5. The van der Waals surface area contributed by atoms with E-state index in [1.54, 1.807) is 0 Å². The van der Waals surface area contributed by atoms with Gasteiger partial charge in [-0.1, -0.05) is 37.3 Å². The zero-order valence-electron chi connectivity index (χ0n) is 15.2. The van der Waals surface area contributed by atoms with Crippen molar-refractivity contribution in [2.75, 3.05) is 17.3 Å². The maximum absolute atomic E-state index is 11.9. The van der Waals surface area contributed by atoms with Crippen molar-refractivity contribution in [2.45, 2.75) is 32.6 Å². The van der Waals surface area contributed by atoms with Crippen LogP contribution in [0.15, 0.2) is 36.4 Å². The molecule has 4 rings (SSSR count). The minimum absolute atomic E-state index is 0.0756. The van der Waals surface area contributed by atoms with Gasteiger partial charge < -0.3 is 10.2 Å². The summed E-state index contributed by atoms with van der Waals surface area (Å²) in [4.78, 5) is 24.0. The number of carbonyl (C=O) groups is 1. The maximum Gasteiger partial charge on any atom is 0.229 e. The van der Waals surface area contributed by atoms with E-state index in [-0.39, 0.29) is 11.8 Å². The number of benzene rings is 1. The normalized spacial score (nSPS) is 14.0. The molecular weight excluding hydrogens is 344 g/mol. The highest BCUT2D eigenvalue weighted by Crippen LogP contribution is 2.33. The van der Waals surface area contributed by atoms with Crippen LogP contribution >= 0.6 is 11.3 Å². The third-order valence-corrected chi connectivity index (χ3v) is 5.59. The molecule has 0 saturated heterocycles. The van der Waals surface area contributed by atoms with Crippen LogP contribution in [0.25, 0.3) is 10.3 Å². The summed E-state index contributed by atoms with van der Waals surface area (Å²) in [5.74, 6) is 1.63. The van der Waals surface area contributed by atoms with Crippen LogP contribution < -0.4 is 10.2 Å². The van der Waals surface area contributed by atoms with Gasteiger partial charge in [0.05, 0.1) is 0 Å². The van der Waals surface area contributed by atoms with E-state index >= 15 is 0 Å². The van der Waals surface area contributed by atoms with E-state index in [0.29, 0.717) is 11.0 Å². The molecule has 1 amide bonds. The van der Waals surface area contributed by atoms with Crippen molar-refractivity contribution < 1.29 is 4.79 Å². The second kappa shape index (κ2) is 6.68. The zero-order chi connectivity index (χ0) is 18.3. The number of rotatable bonds is 5. The fraction of sp³-hybridized carbons (Fsp3) is 0.350. The van der Waals surface area contributed by atoms with Gasteiger partial charge in [0.1, 0.15) is 16.2 Å². The molecule has 2 aromatic heterocycles. The van der Waals surface area contributed by atoms with E-state index in [2.05, 4.69) is 53.3 Å². The largest absolute Gasteiger partial charge is 0.329 e. The second-order valence-electron chi connectivity index (χ2n) is 7.08. The van der Waals surface area contributed by atoms with Crippen LogP contribution in [0, 0.1) is 5.92 Å². The number of hydrogen-bond donors (Lipinski definition) is 1. The molecule has 1 fully saturated rings. The topological polar surface area (TPSA) is 58.1 Å². The average molecular weight is 366 g/mol. The molecule has 1 aliphatic carbocycles. The Morgan fingerprint density at radius 1 is 1.15 bits per heavy atom. The van der Waals surface area contributed by atoms with Crippen molar-refractivity contribution in [1.29, 1.82) is 0 Å². The van der Waals surface area contributed by atoms with Crippen molar-refractivity contribution in [2.24, 2.45) is 5.92 Å². The quantitative estimate of drug-likeness (QED) is 0.695. The molecule has 0 bridgehead atoms. The Kier molecular flexibility index (Phi) is 4.36. The standard InChI is InChI=1S/C20H22N4OS/c1-12(2)13-6-8-15(9-7-13)24(3)17-11-10-16-19(22-17)26-20(21-16)23-18(25)14-4-5-14/h6-12,14H,4-5H2,1-3H3,(H,21,23,25). The molecule has 0 spiro atoms. The van der Waals surface area contributed by atoms with E-state index in [9.17, 15) is 4.79 Å². The van der Waals surface area contributed by atoms with Gasteiger partial charge in [0.2, 0.25) is 5.91 Å². The van der Waals surface area contributed by atoms with Gasteiger partial charge >= 0.3 is 0 Å². The molecule has 0 atom stereocenters. The smallest absolute Gasteiger partial charge is 0.229 e. The Morgan fingerprint density at radius 2 is 1.88 bits per heavy atom.